The first kappa shape index (κ1) is 15.4. The Labute approximate surface area is 123 Å². The van der Waals surface area contributed by atoms with Crippen molar-refractivity contribution < 1.29 is 17.9 Å². The Morgan fingerprint density at radius 1 is 1.48 bits per heavy atom. The van der Waals surface area contributed by atoms with E-state index in [9.17, 15) is 13.2 Å². The quantitative estimate of drug-likeness (QED) is 0.811. The van der Waals surface area contributed by atoms with Gasteiger partial charge in [0.1, 0.15) is 6.04 Å². The molecule has 1 heterocycles. The predicted octanol–water partition coefficient (Wildman–Crippen LogP) is -0.426. The van der Waals surface area contributed by atoms with E-state index in [1.807, 2.05) is 6.07 Å². The highest BCUT2D eigenvalue weighted by Crippen LogP contribution is 2.19. The van der Waals surface area contributed by atoms with Crippen LogP contribution in [0.3, 0.4) is 0 Å². The Morgan fingerprint density at radius 2 is 2.19 bits per heavy atom. The average Bonchev–Trinajstić information content (AvgIpc) is 2.47. The van der Waals surface area contributed by atoms with Crippen LogP contribution in [0.25, 0.3) is 0 Å². The van der Waals surface area contributed by atoms with Gasteiger partial charge in [-0.15, -0.1) is 0 Å². The van der Waals surface area contributed by atoms with E-state index in [2.05, 4.69) is 0 Å². The molecule has 0 saturated carbocycles. The van der Waals surface area contributed by atoms with Crippen molar-refractivity contribution in [3.63, 3.8) is 0 Å². The van der Waals surface area contributed by atoms with Crippen LogP contribution in [0.2, 0.25) is 0 Å². The monoisotopic (exact) mass is 309 g/mol. The number of nitrogens with zero attached hydrogens (tertiary/aromatic N) is 2. The number of sulfonamides is 1. The largest absolute Gasteiger partial charge is 0.378 e. The number of rotatable bonds is 4. The fourth-order valence-electron chi connectivity index (χ4n) is 2.18. The predicted molar refractivity (Wildman–Crippen MR) is 74.3 cm³/mol. The van der Waals surface area contributed by atoms with Gasteiger partial charge in [0.15, 0.2) is 0 Å². The van der Waals surface area contributed by atoms with E-state index in [1.54, 1.807) is 24.3 Å². The third-order valence-electron chi connectivity index (χ3n) is 3.24. The summed E-state index contributed by atoms with van der Waals surface area (Å²) in [7, 11) is -3.76. The fraction of sp³-hybridized carbons (Fsp3) is 0.385. The standard InChI is InChI=1S/C13H15N3O4S/c14-7-10-3-1-2-4-11(10)9-21(18,19)16-5-6-20-8-12(16)13(15)17/h1-4,12H,5-6,8-9H2,(H2,15,17). The summed E-state index contributed by atoms with van der Waals surface area (Å²) in [4.78, 5) is 11.4. The van der Waals surface area contributed by atoms with Crippen molar-refractivity contribution in [1.29, 1.82) is 5.26 Å². The van der Waals surface area contributed by atoms with Crippen LogP contribution >= 0.6 is 0 Å². The van der Waals surface area contributed by atoms with E-state index in [4.69, 9.17) is 15.7 Å². The number of ether oxygens (including phenoxy) is 1. The number of carbonyl (C=O) groups is 1. The first-order valence-corrected chi connectivity index (χ1v) is 7.91. The van der Waals surface area contributed by atoms with Crippen molar-refractivity contribution in [1.82, 2.24) is 4.31 Å². The molecule has 0 aromatic heterocycles. The molecule has 112 valence electrons. The van der Waals surface area contributed by atoms with Crippen molar-refractivity contribution in [3.05, 3.63) is 35.4 Å². The molecule has 1 aliphatic rings. The summed E-state index contributed by atoms with van der Waals surface area (Å²) in [6, 6.07) is 7.41. The number of nitriles is 1. The molecule has 8 heteroatoms. The van der Waals surface area contributed by atoms with Crippen molar-refractivity contribution in [3.8, 4) is 6.07 Å². The molecule has 0 radical (unpaired) electrons. The first-order valence-electron chi connectivity index (χ1n) is 6.30. The molecule has 1 aromatic rings. The topological polar surface area (TPSA) is 113 Å². The fourth-order valence-corrected chi connectivity index (χ4v) is 3.90. The zero-order chi connectivity index (χ0) is 15.5. The number of carbonyl (C=O) groups excluding carboxylic acids is 1. The number of morpholine rings is 1. The van der Waals surface area contributed by atoms with E-state index in [0.717, 1.165) is 4.31 Å². The molecule has 1 saturated heterocycles. The SMILES string of the molecule is N#Cc1ccccc1CS(=O)(=O)N1CCOCC1C(N)=O. The smallest absolute Gasteiger partial charge is 0.238 e. The molecule has 0 aliphatic carbocycles. The summed E-state index contributed by atoms with van der Waals surface area (Å²) in [5.41, 5.74) is 5.92. The highest BCUT2D eigenvalue weighted by atomic mass is 32.2. The molecule has 2 rings (SSSR count). The maximum Gasteiger partial charge on any atom is 0.238 e. The molecule has 0 spiro atoms. The second-order valence-corrected chi connectivity index (χ2v) is 6.55. The minimum Gasteiger partial charge on any atom is -0.378 e. The molecule has 7 nitrogen and oxygen atoms in total. The van der Waals surface area contributed by atoms with Gasteiger partial charge in [0.2, 0.25) is 15.9 Å². The van der Waals surface area contributed by atoms with Gasteiger partial charge in [0.05, 0.1) is 30.6 Å². The van der Waals surface area contributed by atoms with E-state index in [-0.39, 0.29) is 25.5 Å². The second kappa shape index (κ2) is 6.22. The van der Waals surface area contributed by atoms with Crippen molar-refractivity contribution in [2.24, 2.45) is 5.73 Å². The molecular formula is C13H15N3O4S. The van der Waals surface area contributed by atoms with Crippen LogP contribution in [0.15, 0.2) is 24.3 Å². The zero-order valence-corrected chi connectivity index (χ0v) is 12.0. The zero-order valence-electron chi connectivity index (χ0n) is 11.2. The average molecular weight is 309 g/mol. The molecule has 1 atom stereocenters. The van der Waals surface area contributed by atoms with Crippen LogP contribution in [-0.4, -0.2) is 44.4 Å². The van der Waals surface area contributed by atoms with Gasteiger partial charge in [-0.05, 0) is 11.6 Å². The maximum absolute atomic E-state index is 12.5. The molecule has 1 fully saturated rings. The Morgan fingerprint density at radius 3 is 2.86 bits per heavy atom. The molecule has 0 bridgehead atoms. The van der Waals surface area contributed by atoms with Crippen LogP contribution in [0.4, 0.5) is 0 Å². The normalized spacial score (nSPS) is 19.9. The number of benzene rings is 1. The van der Waals surface area contributed by atoms with Gasteiger partial charge in [-0.1, -0.05) is 18.2 Å². The number of amides is 1. The van der Waals surface area contributed by atoms with Gasteiger partial charge in [-0.25, -0.2) is 8.42 Å². The number of nitrogens with two attached hydrogens (primary N) is 1. The van der Waals surface area contributed by atoms with E-state index >= 15 is 0 Å². The van der Waals surface area contributed by atoms with Crippen LogP contribution in [-0.2, 0) is 25.3 Å². The van der Waals surface area contributed by atoms with Crippen molar-refractivity contribution in [2.45, 2.75) is 11.8 Å². The van der Waals surface area contributed by atoms with E-state index < -0.39 is 22.0 Å². The number of primary amides is 1. The summed E-state index contributed by atoms with van der Waals surface area (Å²) >= 11 is 0. The van der Waals surface area contributed by atoms with Gasteiger partial charge < -0.3 is 10.5 Å². The highest BCUT2D eigenvalue weighted by Gasteiger charge is 2.36. The minimum atomic E-state index is -3.76. The van der Waals surface area contributed by atoms with Crippen LogP contribution in [0.5, 0.6) is 0 Å². The molecule has 1 amide bonds. The lowest BCUT2D eigenvalue weighted by molar-refractivity contribution is -0.125. The lowest BCUT2D eigenvalue weighted by Crippen LogP contribution is -2.54. The van der Waals surface area contributed by atoms with Crippen LogP contribution in [0.1, 0.15) is 11.1 Å². The van der Waals surface area contributed by atoms with Crippen LogP contribution in [0, 0.1) is 11.3 Å². The minimum absolute atomic E-state index is 0.0472. The molecule has 1 aliphatic heterocycles. The van der Waals surface area contributed by atoms with E-state index in [0.29, 0.717) is 11.1 Å². The Hall–Kier alpha value is -1.95. The Kier molecular flexibility index (Phi) is 4.57. The highest BCUT2D eigenvalue weighted by molar-refractivity contribution is 7.88. The number of hydrogen-bond donors (Lipinski definition) is 1. The summed E-state index contributed by atoms with van der Waals surface area (Å²) in [5, 5.41) is 9.01. The van der Waals surface area contributed by atoms with Gasteiger partial charge in [-0.3, -0.25) is 4.79 Å². The maximum atomic E-state index is 12.5. The lowest BCUT2D eigenvalue weighted by Gasteiger charge is -2.32. The van der Waals surface area contributed by atoms with Gasteiger partial charge in [0, 0.05) is 6.54 Å². The van der Waals surface area contributed by atoms with E-state index in [1.165, 1.54) is 0 Å². The summed E-state index contributed by atoms with van der Waals surface area (Å²) in [6.07, 6.45) is 0. The molecule has 1 unspecified atom stereocenters. The van der Waals surface area contributed by atoms with Gasteiger partial charge in [-0.2, -0.15) is 9.57 Å². The van der Waals surface area contributed by atoms with Crippen molar-refractivity contribution >= 4 is 15.9 Å². The summed E-state index contributed by atoms with van der Waals surface area (Å²) < 4.78 is 31.1. The molecule has 2 N–H and O–H groups in total. The number of hydrogen-bond acceptors (Lipinski definition) is 5. The summed E-state index contributed by atoms with van der Waals surface area (Å²) in [6.45, 7) is 0.238. The Balaban J connectivity index is 2.29. The molecular weight excluding hydrogens is 294 g/mol. The van der Waals surface area contributed by atoms with Gasteiger partial charge in [0.25, 0.3) is 0 Å². The third-order valence-corrected chi connectivity index (χ3v) is 5.07. The molecule has 21 heavy (non-hydrogen) atoms. The van der Waals surface area contributed by atoms with Crippen LogP contribution < -0.4 is 5.73 Å². The molecule has 1 aromatic carbocycles. The Bertz CT molecular complexity index is 681. The van der Waals surface area contributed by atoms with Gasteiger partial charge >= 0.3 is 0 Å². The van der Waals surface area contributed by atoms with Crippen molar-refractivity contribution in [2.75, 3.05) is 19.8 Å². The summed E-state index contributed by atoms with van der Waals surface area (Å²) in [5.74, 6) is -1.09. The lowest BCUT2D eigenvalue weighted by atomic mass is 10.1. The first-order chi connectivity index (χ1) is 9.95. The second-order valence-electron chi connectivity index (χ2n) is 4.63. The third kappa shape index (κ3) is 3.39.